The third-order valence-electron chi connectivity index (χ3n) is 5.89. The number of amides is 1. The number of benzene rings is 1. The fourth-order valence-electron chi connectivity index (χ4n) is 4.15. The van der Waals surface area contributed by atoms with Gasteiger partial charge in [0.2, 0.25) is 5.91 Å². The molecular formula is C24H31N7O3S. The van der Waals surface area contributed by atoms with Crippen molar-refractivity contribution in [3.05, 3.63) is 42.0 Å². The SMILES string of the molecule is CCCSc1nc(NCC=Cc2ccccc2)c2nnn([C@@H]3C[C@H](C(=O)NCC)[C@@H](O)[C@H]3O)c2n1. The molecule has 186 valence electrons. The van der Waals surface area contributed by atoms with Gasteiger partial charge in [-0.1, -0.05) is 66.4 Å². The van der Waals surface area contributed by atoms with E-state index in [-0.39, 0.29) is 12.3 Å². The summed E-state index contributed by atoms with van der Waals surface area (Å²) in [5.74, 6) is 0.383. The molecule has 11 heteroatoms. The second-order valence-corrected chi connectivity index (χ2v) is 9.45. The van der Waals surface area contributed by atoms with E-state index in [1.807, 2.05) is 49.4 Å². The van der Waals surface area contributed by atoms with Crippen LogP contribution in [0.2, 0.25) is 0 Å². The molecule has 1 aliphatic carbocycles. The fraction of sp³-hybridized carbons (Fsp3) is 0.458. The van der Waals surface area contributed by atoms with Gasteiger partial charge >= 0.3 is 0 Å². The third-order valence-corrected chi connectivity index (χ3v) is 6.94. The van der Waals surface area contributed by atoms with Crippen LogP contribution in [-0.4, -0.2) is 72.1 Å². The zero-order valence-electron chi connectivity index (χ0n) is 19.8. The van der Waals surface area contributed by atoms with Crippen molar-refractivity contribution >= 4 is 40.7 Å². The Hall–Kier alpha value is -3.02. The zero-order valence-corrected chi connectivity index (χ0v) is 20.6. The van der Waals surface area contributed by atoms with Crippen molar-refractivity contribution in [3.8, 4) is 0 Å². The maximum Gasteiger partial charge on any atom is 0.225 e. The molecule has 1 amide bonds. The summed E-state index contributed by atoms with van der Waals surface area (Å²) in [6.07, 6.45) is 2.86. The number of aliphatic hydroxyl groups excluding tert-OH is 2. The first-order chi connectivity index (χ1) is 17.0. The average molecular weight is 498 g/mol. The molecule has 0 saturated heterocycles. The number of fused-ring (bicyclic) bond motifs is 1. The number of carbonyl (C=O) groups is 1. The van der Waals surface area contributed by atoms with Crippen molar-refractivity contribution in [2.45, 2.75) is 50.1 Å². The van der Waals surface area contributed by atoms with Gasteiger partial charge in [-0.3, -0.25) is 4.79 Å². The molecule has 3 aromatic rings. The minimum Gasteiger partial charge on any atom is -0.390 e. The largest absolute Gasteiger partial charge is 0.390 e. The van der Waals surface area contributed by atoms with E-state index in [2.05, 4.69) is 37.8 Å². The quantitative estimate of drug-likeness (QED) is 0.245. The standard InChI is InChI=1S/C24H31N7O3S/c1-3-13-35-24-27-21(26-12-8-11-15-9-6-5-7-10-15)18-22(28-24)31(30-29-18)17-14-16(19(32)20(17)33)23(34)25-4-2/h5-11,16-17,19-20,32-33H,3-4,12-14H2,1-2H3,(H,25,34)(H,26,27,28)/t16-,17+,19+,20-/m0/s1. The highest BCUT2D eigenvalue weighted by molar-refractivity contribution is 7.99. The Bertz CT molecular complexity index is 1170. The van der Waals surface area contributed by atoms with Gasteiger partial charge in [0.1, 0.15) is 6.10 Å². The maximum atomic E-state index is 12.4. The smallest absolute Gasteiger partial charge is 0.225 e. The van der Waals surface area contributed by atoms with Gasteiger partial charge in [-0.15, -0.1) is 5.10 Å². The number of hydrogen-bond donors (Lipinski definition) is 4. The summed E-state index contributed by atoms with van der Waals surface area (Å²) in [5, 5.41) is 36.4. The average Bonchev–Trinajstić information content (AvgIpc) is 3.42. The molecule has 2 aromatic heterocycles. The van der Waals surface area contributed by atoms with E-state index in [4.69, 9.17) is 0 Å². The van der Waals surface area contributed by atoms with E-state index < -0.39 is 24.2 Å². The van der Waals surface area contributed by atoms with Gasteiger partial charge in [0.05, 0.1) is 18.1 Å². The molecule has 4 N–H and O–H groups in total. The molecule has 0 radical (unpaired) electrons. The number of thioether (sulfide) groups is 1. The molecule has 1 fully saturated rings. The van der Waals surface area contributed by atoms with Crippen LogP contribution in [0.4, 0.5) is 5.82 Å². The third kappa shape index (κ3) is 5.63. The number of aliphatic hydroxyl groups is 2. The molecule has 35 heavy (non-hydrogen) atoms. The van der Waals surface area contributed by atoms with Crippen LogP contribution in [0.25, 0.3) is 17.2 Å². The van der Waals surface area contributed by atoms with Crippen LogP contribution < -0.4 is 10.6 Å². The van der Waals surface area contributed by atoms with Gasteiger partial charge < -0.3 is 20.8 Å². The Balaban J connectivity index is 1.61. The number of anilines is 1. The molecule has 2 heterocycles. The van der Waals surface area contributed by atoms with Crippen LogP contribution in [0.15, 0.2) is 41.6 Å². The lowest BCUT2D eigenvalue weighted by Gasteiger charge is -2.17. The highest BCUT2D eigenvalue weighted by Gasteiger charge is 2.47. The van der Waals surface area contributed by atoms with Gasteiger partial charge in [0.15, 0.2) is 22.1 Å². The lowest BCUT2D eigenvalue weighted by Crippen LogP contribution is -2.38. The van der Waals surface area contributed by atoms with Crippen LogP contribution in [0, 0.1) is 5.92 Å². The van der Waals surface area contributed by atoms with Crippen molar-refractivity contribution in [2.24, 2.45) is 5.92 Å². The normalized spacial score (nSPS) is 22.2. The highest BCUT2D eigenvalue weighted by Crippen LogP contribution is 2.37. The highest BCUT2D eigenvalue weighted by atomic mass is 32.2. The molecule has 0 bridgehead atoms. The summed E-state index contributed by atoms with van der Waals surface area (Å²) < 4.78 is 1.52. The van der Waals surface area contributed by atoms with Gasteiger partial charge in [-0.25, -0.2) is 14.6 Å². The summed E-state index contributed by atoms with van der Waals surface area (Å²) >= 11 is 1.53. The topological polar surface area (TPSA) is 138 Å². The Labute approximate surface area is 208 Å². The monoisotopic (exact) mass is 497 g/mol. The maximum absolute atomic E-state index is 12.4. The molecule has 1 saturated carbocycles. The summed E-state index contributed by atoms with van der Waals surface area (Å²) in [6.45, 7) is 4.88. The number of nitrogens with one attached hydrogen (secondary N) is 2. The summed E-state index contributed by atoms with van der Waals surface area (Å²) in [7, 11) is 0. The molecule has 0 spiro atoms. The Morgan fingerprint density at radius 3 is 2.74 bits per heavy atom. The first-order valence-corrected chi connectivity index (χ1v) is 12.9. The van der Waals surface area contributed by atoms with Gasteiger partial charge in [0.25, 0.3) is 0 Å². The number of nitrogens with zero attached hydrogens (tertiary/aromatic N) is 5. The van der Waals surface area contributed by atoms with E-state index in [1.54, 1.807) is 0 Å². The molecule has 1 aliphatic rings. The van der Waals surface area contributed by atoms with Crippen LogP contribution in [0.1, 0.15) is 38.3 Å². The molecular weight excluding hydrogens is 466 g/mol. The molecule has 4 rings (SSSR count). The van der Waals surface area contributed by atoms with Crippen LogP contribution in [0.3, 0.4) is 0 Å². The van der Waals surface area contributed by atoms with Crippen LogP contribution in [-0.2, 0) is 4.79 Å². The summed E-state index contributed by atoms with van der Waals surface area (Å²) in [6, 6.07) is 9.38. The van der Waals surface area contributed by atoms with Crippen molar-refractivity contribution in [2.75, 3.05) is 24.2 Å². The Morgan fingerprint density at radius 1 is 1.20 bits per heavy atom. The van der Waals surface area contributed by atoms with Crippen molar-refractivity contribution in [3.63, 3.8) is 0 Å². The van der Waals surface area contributed by atoms with Gasteiger partial charge in [-0.05, 0) is 25.3 Å². The molecule has 1 aromatic carbocycles. The van der Waals surface area contributed by atoms with E-state index in [9.17, 15) is 15.0 Å². The predicted molar refractivity (Wildman–Crippen MR) is 136 cm³/mol. The number of rotatable bonds is 10. The first kappa shape index (κ1) is 25.1. The second-order valence-electron chi connectivity index (χ2n) is 8.39. The van der Waals surface area contributed by atoms with Crippen LogP contribution >= 0.6 is 11.8 Å². The number of carbonyl (C=O) groups excluding carboxylic acids is 1. The summed E-state index contributed by atoms with van der Waals surface area (Å²) in [5.41, 5.74) is 2.03. The summed E-state index contributed by atoms with van der Waals surface area (Å²) in [4.78, 5) is 21.7. The minimum absolute atomic E-state index is 0.233. The van der Waals surface area contributed by atoms with Crippen molar-refractivity contribution in [1.82, 2.24) is 30.3 Å². The Morgan fingerprint density at radius 2 is 2.00 bits per heavy atom. The number of aromatic nitrogens is 5. The molecule has 0 unspecified atom stereocenters. The fourth-order valence-corrected chi connectivity index (χ4v) is 4.84. The molecule has 0 aliphatic heterocycles. The zero-order chi connectivity index (χ0) is 24.8. The van der Waals surface area contributed by atoms with E-state index in [0.717, 1.165) is 17.7 Å². The number of hydrogen-bond acceptors (Lipinski definition) is 9. The van der Waals surface area contributed by atoms with Gasteiger partial charge in [0, 0.05) is 18.8 Å². The lowest BCUT2D eigenvalue weighted by atomic mass is 10.0. The van der Waals surface area contributed by atoms with Gasteiger partial charge in [-0.2, -0.15) is 0 Å². The molecule has 4 atom stereocenters. The Kier molecular flexibility index (Phi) is 8.32. The lowest BCUT2D eigenvalue weighted by molar-refractivity contribution is -0.128. The van der Waals surface area contributed by atoms with Crippen molar-refractivity contribution < 1.29 is 15.0 Å². The van der Waals surface area contributed by atoms with Crippen LogP contribution in [0.5, 0.6) is 0 Å². The first-order valence-electron chi connectivity index (χ1n) is 11.9. The molecule has 10 nitrogen and oxygen atoms in total. The van der Waals surface area contributed by atoms with E-state index in [0.29, 0.717) is 35.2 Å². The van der Waals surface area contributed by atoms with Crippen molar-refractivity contribution in [1.29, 1.82) is 0 Å². The second kappa shape index (κ2) is 11.6. The minimum atomic E-state index is -1.19. The van der Waals surface area contributed by atoms with E-state index in [1.165, 1.54) is 16.4 Å². The van der Waals surface area contributed by atoms with E-state index >= 15 is 0 Å². The predicted octanol–water partition coefficient (Wildman–Crippen LogP) is 2.27.